The number of hydrogen-bond donors (Lipinski definition) is 1. The van der Waals surface area contributed by atoms with Crippen LogP contribution in [0.4, 0.5) is 4.39 Å². The molecule has 1 amide bonds. The largest absolute Gasteiger partial charge is 0.508 e. The van der Waals surface area contributed by atoms with Crippen molar-refractivity contribution in [2.24, 2.45) is 0 Å². The lowest BCUT2D eigenvalue weighted by molar-refractivity contribution is -0.0757. The van der Waals surface area contributed by atoms with Gasteiger partial charge in [-0.2, -0.15) is 0 Å². The smallest absolute Gasteiger partial charge is 0.277 e. The van der Waals surface area contributed by atoms with Crippen LogP contribution >= 0.6 is 0 Å². The van der Waals surface area contributed by atoms with Crippen LogP contribution in [-0.2, 0) is 4.84 Å². The van der Waals surface area contributed by atoms with Crippen LogP contribution in [0.25, 0.3) is 0 Å². The normalized spacial score (nSPS) is 9.93. The Bertz CT molecular complexity index is 334. The van der Waals surface area contributed by atoms with Crippen LogP contribution in [0.3, 0.4) is 0 Å². The summed E-state index contributed by atoms with van der Waals surface area (Å²) < 4.78 is 12.8. The summed E-state index contributed by atoms with van der Waals surface area (Å²) in [4.78, 5) is 16.0. The molecular weight excluding hydrogens is 189 g/mol. The zero-order chi connectivity index (χ0) is 10.7. The van der Waals surface area contributed by atoms with Gasteiger partial charge in [0.2, 0.25) is 0 Å². The van der Waals surface area contributed by atoms with E-state index < -0.39 is 11.7 Å². The summed E-state index contributed by atoms with van der Waals surface area (Å²) in [5, 5.41) is 9.98. The molecule has 0 aliphatic carbocycles. The number of amides is 1. The van der Waals surface area contributed by atoms with Crippen LogP contribution in [0.5, 0.6) is 5.75 Å². The topological polar surface area (TPSA) is 49.8 Å². The maximum atomic E-state index is 12.8. The highest BCUT2D eigenvalue weighted by molar-refractivity contribution is 5.93. The molecule has 14 heavy (non-hydrogen) atoms. The third-order valence-electron chi connectivity index (χ3n) is 1.69. The minimum absolute atomic E-state index is 0.0341. The van der Waals surface area contributed by atoms with Crippen molar-refractivity contribution in [1.82, 2.24) is 5.06 Å². The van der Waals surface area contributed by atoms with Crippen LogP contribution in [0.1, 0.15) is 10.4 Å². The second-order valence-electron chi connectivity index (χ2n) is 2.68. The first-order valence-corrected chi connectivity index (χ1v) is 3.86. The van der Waals surface area contributed by atoms with Crippen molar-refractivity contribution < 1.29 is 19.1 Å². The highest BCUT2D eigenvalue weighted by atomic mass is 19.1. The Morgan fingerprint density at radius 1 is 1.50 bits per heavy atom. The number of hydroxylamine groups is 2. The van der Waals surface area contributed by atoms with Gasteiger partial charge in [-0.25, -0.2) is 9.45 Å². The second-order valence-corrected chi connectivity index (χ2v) is 2.68. The van der Waals surface area contributed by atoms with Crippen LogP contribution in [0.2, 0.25) is 0 Å². The molecule has 1 aromatic carbocycles. The van der Waals surface area contributed by atoms with E-state index in [1.165, 1.54) is 20.2 Å². The van der Waals surface area contributed by atoms with Crippen LogP contribution < -0.4 is 0 Å². The zero-order valence-electron chi connectivity index (χ0n) is 7.82. The quantitative estimate of drug-likeness (QED) is 0.727. The predicted octanol–water partition coefficient (Wildman–Crippen LogP) is 1.16. The van der Waals surface area contributed by atoms with Crippen LogP contribution in [-0.4, -0.2) is 30.2 Å². The average molecular weight is 199 g/mol. The molecule has 76 valence electrons. The summed E-state index contributed by atoms with van der Waals surface area (Å²) in [5.74, 6) is -1.49. The Morgan fingerprint density at radius 3 is 2.64 bits per heavy atom. The Kier molecular flexibility index (Phi) is 3.03. The highest BCUT2D eigenvalue weighted by Gasteiger charge is 2.13. The molecule has 1 aromatic rings. The van der Waals surface area contributed by atoms with E-state index in [0.29, 0.717) is 0 Å². The molecule has 0 heterocycles. The van der Waals surface area contributed by atoms with Crippen molar-refractivity contribution in [3.63, 3.8) is 0 Å². The fraction of sp³-hybridized carbons (Fsp3) is 0.222. The second kappa shape index (κ2) is 4.06. The van der Waals surface area contributed by atoms with E-state index >= 15 is 0 Å². The molecule has 0 spiro atoms. The molecule has 0 saturated carbocycles. The molecule has 0 radical (unpaired) electrons. The highest BCUT2D eigenvalue weighted by Crippen LogP contribution is 2.15. The summed E-state index contributed by atoms with van der Waals surface area (Å²) in [7, 11) is 2.71. The molecule has 0 aliphatic heterocycles. The number of carbonyl (C=O) groups is 1. The van der Waals surface area contributed by atoms with Crippen molar-refractivity contribution in [1.29, 1.82) is 0 Å². The average Bonchev–Trinajstić information content (AvgIpc) is 2.14. The van der Waals surface area contributed by atoms with E-state index in [9.17, 15) is 9.18 Å². The van der Waals surface area contributed by atoms with Crippen molar-refractivity contribution in [2.45, 2.75) is 0 Å². The molecule has 0 unspecified atom stereocenters. The number of phenolic OH excluding ortho intramolecular Hbond substituents is 1. The summed E-state index contributed by atoms with van der Waals surface area (Å²) in [6.45, 7) is 0. The molecule has 0 aliphatic rings. The number of carbonyl (C=O) groups excluding carboxylic acids is 1. The van der Waals surface area contributed by atoms with Crippen LogP contribution in [0.15, 0.2) is 18.2 Å². The van der Waals surface area contributed by atoms with Gasteiger partial charge in [0.25, 0.3) is 5.91 Å². The van der Waals surface area contributed by atoms with Crippen molar-refractivity contribution in [3.05, 3.63) is 29.6 Å². The number of aromatic hydroxyl groups is 1. The number of phenols is 1. The summed E-state index contributed by atoms with van der Waals surface area (Å²) in [6.07, 6.45) is 0. The fourth-order valence-electron chi connectivity index (χ4n) is 0.962. The van der Waals surface area contributed by atoms with Crippen molar-refractivity contribution >= 4 is 5.91 Å². The molecule has 1 rings (SSSR count). The lowest BCUT2D eigenvalue weighted by Crippen LogP contribution is -2.25. The third-order valence-corrected chi connectivity index (χ3v) is 1.69. The van der Waals surface area contributed by atoms with Gasteiger partial charge in [-0.1, -0.05) is 0 Å². The fourth-order valence-corrected chi connectivity index (χ4v) is 0.962. The Balaban J connectivity index is 3.01. The van der Waals surface area contributed by atoms with E-state index in [2.05, 4.69) is 4.84 Å². The van der Waals surface area contributed by atoms with Gasteiger partial charge in [-0.05, 0) is 12.1 Å². The standard InChI is InChI=1S/C9H10FNO3/c1-11(14-2)9(13)6-3-7(10)5-8(12)4-6/h3-5,12H,1-2H3. The molecule has 0 bridgehead atoms. The van der Waals surface area contributed by atoms with E-state index in [1.54, 1.807) is 0 Å². The Hall–Kier alpha value is -1.62. The van der Waals surface area contributed by atoms with Gasteiger partial charge in [0.1, 0.15) is 11.6 Å². The van der Waals surface area contributed by atoms with Gasteiger partial charge >= 0.3 is 0 Å². The number of nitrogens with zero attached hydrogens (tertiary/aromatic N) is 1. The molecule has 4 nitrogen and oxygen atoms in total. The first kappa shape index (κ1) is 10.5. The minimum Gasteiger partial charge on any atom is -0.508 e. The van der Waals surface area contributed by atoms with Gasteiger partial charge < -0.3 is 5.11 Å². The Morgan fingerprint density at radius 2 is 2.14 bits per heavy atom. The molecule has 0 saturated heterocycles. The monoisotopic (exact) mass is 199 g/mol. The molecular formula is C9H10FNO3. The maximum absolute atomic E-state index is 12.8. The summed E-state index contributed by atoms with van der Waals surface area (Å²) >= 11 is 0. The van der Waals surface area contributed by atoms with E-state index in [0.717, 1.165) is 17.2 Å². The SMILES string of the molecule is CON(C)C(=O)c1cc(O)cc(F)c1. The lowest BCUT2D eigenvalue weighted by atomic mass is 10.2. The number of hydrogen-bond acceptors (Lipinski definition) is 3. The molecule has 5 heteroatoms. The molecule has 0 aromatic heterocycles. The number of rotatable bonds is 2. The lowest BCUT2D eigenvalue weighted by Gasteiger charge is -2.13. The first-order chi connectivity index (χ1) is 6.54. The van der Waals surface area contributed by atoms with E-state index in [1.807, 2.05) is 0 Å². The van der Waals surface area contributed by atoms with E-state index in [4.69, 9.17) is 5.11 Å². The molecule has 0 atom stereocenters. The zero-order valence-corrected chi connectivity index (χ0v) is 7.82. The van der Waals surface area contributed by atoms with Gasteiger partial charge in [-0.15, -0.1) is 0 Å². The Labute approximate surface area is 80.5 Å². The van der Waals surface area contributed by atoms with Crippen molar-refractivity contribution in [3.8, 4) is 5.75 Å². The van der Waals surface area contributed by atoms with Gasteiger partial charge in [0.15, 0.2) is 0 Å². The summed E-state index contributed by atoms with van der Waals surface area (Å²) in [5.41, 5.74) is 0.0341. The maximum Gasteiger partial charge on any atom is 0.277 e. The number of halogens is 1. The molecule has 1 N–H and O–H groups in total. The predicted molar refractivity (Wildman–Crippen MR) is 47.2 cm³/mol. The minimum atomic E-state index is -0.669. The van der Waals surface area contributed by atoms with E-state index in [-0.39, 0.29) is 11.3 Å². The summed E-state index contributed by atoms with van der Waals surface area (Å²) in [6, 6.07) is 3.11. The first-order valence-electron chi connectivity index (χ1n) is 3.86. The van der Waals surface area contributed by atoms with Crippen molar-refractivity contribution in [2.75, 3.05) is 14.2 Å². The number of benzene rings is 1. The van der Waals surface area contributed by atoms with Crippen LogP contribution in [0, 0.1) is 5.82 Å². The third kappa shape index (κ3) is 2.20. The van der Waals surface area contributed by atoms with Gasteiger partial charge in [0, 0.05) is 18.7 Å². The molecule has 0 fully saturated rings. The van der Waals surface area contributed by atoms with Gasteiger partial charge in [0.05, 0.1) is 7.11 Å². The van der Waals surface area contributed by atoms with Gasteiger partial charge in [-0.3, -0.25) is 9.63 Å².